The first-order chi connectivity index (χ1) is 8.25. The van der Waals surface area contributed by atoms with Gasteiger partial charge in [-0.05, 0) is 19.1 Å². The number of nitrogens with one attached hydrogen (secondary N) is 2. The van der Waals surface area contributed by atoms with Gasteiger partial charge in [0.1, 0.15) is 0 Å². The van der Waals surface area contributed by atoms with Gasteiger partial charge in [0.25, 0.3) is 0 Å². The Bertz CT molecular complexity index is 366. The largest absolute Gasteiger partial charge is 0.325 e. The van der Waals surface area contributed by atoms with Crippen molar-refractivity contribution in [2.45, 2.75) is 13.0 Å². The number of amides is 1. The van der Waals surface area contributed by atoms with Crippen LogP contribution in [-0.2, 0) is 4.79 Å². The van der Waals surface area contributed by atoms with E-state index >= 15 is 0 Å². The van der Waals surface area contributed by atoms with Crippen LogP contribution in [0, 0.1) is 0 Å². The molecule has 0 aromatic heterocycles. The van der Waals surface area contributed by atoms with Gasteiger partial charge >= 0.3 is 0 Å². The van der Waals surface area contributed by atoms with Crippen LogP contribution in [0.5, 0.6) is 0 Å². The molecule has 1 atom stereocenters. The molecular weight excluding hydrogens is 214 g/mol. The number of para-hydroxylation sites is 1. The van der Waals surface area contributed by atoms with Crippen molar-refractivity contribution in [3.8, 4) is 0 Å². The van der Waals surface area contributed by atoms with E-state index in [9.17, 15) is 4.79 Å². The average Bonchev–Trinajstić information content (AvgIpc) is 2.33. The summed E-state index contributed by atoms with van der Waals surface area (Å²) in [5, 5.41) is 6.22. The molecule has 1 heterocycles. The van der Waals surface area contributed by atoms with Crippen LogP contribution in [-0.4, -0.2) is 43.0 Å². The molecule has 1 aromatic rings. The lowest BCUT2D eigenvalue weighted by atomic mass is 10.2. The van der Waals surface area contributed by atoms with Gasteiger partial charge in [-0.15, -0.1) is 0 Å². The normalized spacial score (nSPS) is 21.1. The van der Waals surface area contributed by atoms with E-state index in [0.717, 1.165) is 25.3 Å². The van der Waals surface area contributed by atoms with Gasteiger partial charge in [0.15, 0.2) is 0 Å². The number of carbonyl (C=O) groups excluding carboxylic acids is 1. The fraction of sp³-hybridized carbons (Fsp3) is 0.462. The van der Waals surface area contributed by atoms with Gasteiger partial charge in [0.05, 0.1) is 6.54 Å². The Morgan fingerprint density at radius 3 is 2.94 bits per heavy atom. The average molecular weight is 233 g/mol. The molecule has 1 saturated heterocycles. The third-order valence-corrected chi connectivity index (χ3v) is 3.04. The number of hydrogen-bond acceptors (Lipinski definition) is 3. The van der Waals surface area contributed by atoms with E-state index in [4.69, 9.17) is 0 Å². The standard InChI is InChI=1S/C13H19N3O/c1-11-9-14-7-8-16(11)10-13(17)15-12-5-3-2-4-6-12/h2-6,11,14H,7-10H2,1H3,(H,15,17)/t11-/m1/s1. The van der Waals surface area contributed by atoms with E-state index in [1.807, 2.05) is 30.3 Å². The maximum atomic E-state index is 11.9. The Kier molecular flexibility index (Phi) is 4.12. The van der Waals surface area contributed by atoms with Crippen LogP contribution in [0.15, 0.2) is 30.3 Å². The van der Waals surface area contributed by atoms with Crippen LogP contribution in [0.25, 0.3) is 0 Å². The summed E-state index contributed by atoms with van der Waals surface area (Å²) in [7, 11) is 0. The smallest absolute Gasteiger partial charge is 0.238 e. The van der Waals surface area contributed by atoms with Gasteiger partial charge in [0.2, 0.25) is 5.91 Å². The second kappa shape index (κ2) is 5.80. The minimum absolute atomic E-state index is 0.0601. The summed E-state index contributed by atoms with van der Waals surface area (Å²) < 4.78 is 0. The van der Waals surface area contributed by atoms with Crippen molar-refractivity contribution in [3.05, 3.63) is 30.3 Å². The van der Waals surface area contributed by atoms with E-state index < -0.39 is 0 Å². The molecule has 4 nitrogen and oxygen atoms in total. The maximum Gasteiger partial charge on any atom is 0.238 e. The van der Waals surface area contributed by atoms with Crippen molar-refractivity contribution in [1.82, 2.24) is 10.2 Å². The number of benzene rings is 1. The van der Waals surface area contributed by atoms with E-state index in [2.05, 4.69) is 22.5 Å². The molecular formula is C13H19N3O. The quantitative estimate of drug-likeness (QED) is 0.816. The zero-order valence-corrected chi connectivity index (χ0v) is 10.1. The monoisotopic (exact) mass is 233 g/mol. The van der Waals surface area contributed by atoms with Gasteiger partial charge in [-0.2, -0.15) is 0 Å². The molecule has 17 heavy (non-hydrogen) atoms. The van der Waals surface area contributed by atoms with Gasteiger partial charge in [-0.25, -0.2) is 0 Å². The lowest BCUT2D eigenvalue weighted by Gasteiger charge is -2.33. The SMILES string of the molecule is C[C@@H]1CNCCN1CC(=O)Nc1ccccc1. The first-order valence-electron chi connectivity index (χ1n) is 6.05. The predicted molar refractivity (Wildman–Crippen MR) is 69.0 cm³/mol. The van der Waals surface area contributed by atoms with Crippen LogP contribution in [0.1, 0.15) is 6.92 Å². The van der Waals surface area contributed by atoms with Gasteiger partial charge < -0.3 is 10.6 Å². The first kappa shape index (κ1) is 12.1. The van der Waals surface area contributed by atoms with Gasteiger partial charge in [-0.3, -0.25) is 9.69 Å². The van der Waals surface area contributed by atoms with Crippen LogP contribution < -0.4 is 10.6 Å². The molecule has 0 saturated carbocycles. The molecule has 1 aliphatic heterocycles. The first-order valence-corrected chi connectivity index (χ1v) is 6.05. The summed E-state index contributed by atoms with van der Waals surface area (Å²) in [6.07, 6.45) is 0. The second-order valence-electron chi connectivity index (χ2n) is 4.44. The fourth-order valence-electron chi connectivity index (χ4n) is 2.02. The third kappa shape index (κ3) is 3.54. The van der Waals surface area contributed by atoms with E-state index in [-0.39, 0.29) is 5.91 Å². The summed E-state index contributed by atoms with van der Waals surface area (Å²) in [6, 6.07) is 10.0. The predicted octanol–water partition coefficient (Wildman–Crippen LogP) is 0.919. The summed E-state index contributed by atoms with van der Waals surface area (Å²) in [4.78, 5) is 14.1. The maximum absolute atomic E-state index is 11.9. The highest BCUT2D eigenvalue weighted by Crippen LogP contribution is 2.06. The molecule has 2 N–H and O–H groups in total. The lowest BCUT2D eigenvalue weighted by Crippen LogP contribution is -2.51. The van der Waals surface area contributed by atoms with Gasteiger partial charge in [0, 0.05) is 31.4 Å². The second-order valence-corrected chi connectivity index (χ2v) is 4.44. The van der Waals surface area contributed by atoms with Crippen LogP contribution in [0.4, 0.5) is 5.69 Å². The van der Waals surface area contributed by atoms with Crippen molar-refractivity contribution in [1.29, 1.82) is 0 Å². The van der Waals surface area contributed by atoms with Crippen molar-refractivity contribution in [2.75, 3.05) is 31.5 Å². The zero-order chi connectivity index (χ0) is 12.1. The molecule has 92 valence electrons. The number of piperazine rings is 1. The Balaban J connectivity index is 1.84. The van der Waals surface area contributed by atoms with Crippen molar-refractivity contribution >= 4 is 11.6 Å². The molecule has 1 amide bonds. The molecule has 1 aliphatic rings. The highest BCUT2D eigenvalue weighted by Gasteiger charge is 2.19. The summed E-state index contributed by atoms with van der Waals surface area (Å²) in [5.74, 6) is 0.0601. The Hall–Kier alpha value is -1.39. The fourth-order valence-corrected chi connectivity index (χ4v) is 2.02. The highest BCUT2D eigenvalue weighted by molar-refractivity contribution is 5.92. The number of carbonyl (C=O) groups is 1. The van der Waals surface area contributed by atoms with E-state index in [1.165, 1.54) is 0 Å². The number of rotatable bonds is 3. The van der Waals surface area contributed by atoms with Crippen molar-refractivity contribution < 1.29 is 4.79 Å². The minimum Gasteiger partial charge on any atom is -0.325 e. The molecule has 0 aliphatic carbocycles. The number of nitrogens with zero attached hydrogens (tertiary/aromatic N) is 1. The molecule has 0 bridgehead atoms. The Morgan fingerprint density at radius 2 is 2.24 bits per heavy atom. The van der Waals surface area contributed by atoms with Crippen LogP contribution >= 0.6 is 0 Å². The minimum atomic E-state index is 0.0601. The number of hydrogen-bond donors (Lipinski definition) is 2. The highest BCUT2D eigenvalue weighted by atomic mass is 16.2. The topological polar surface area (TPSA) is 44.4 Å². The molecule has 2 rings (SSSR count). The van der Waals surface area contributed by atoms with Crippen LogP contribution in [0.2, 0.25) is 0 Å². The number of anilines is 1. The third-order valence-electron chi connectivity index (χ3n) is 3.04. The summed E-state index contributed by atoms with van der Waals surface area (Å²) >= 11 is 0. The molecule has 0 spiro atoms. The molecule has 1 fully saturated rings. The molecule has 1 aromatic carbocycles. The molecule has 4 heteroatoms. The summed E-state index contributed by atoms with van der Waals surface area (Å²) in [6.45, 7) is 5.46. The van der Waals surface area contributed by atoms with E-state index in [0.29, 0.717) is 12.6 Å². The molecule has 0 radical (unpaired) electrons. The lowest BCUT2D eigenvalue weighted by molar-refractivity contribution is -0.118. The Labute approximate surface area is 102 Å². The summed E-state index contributed by atoms with van der Waals surface area (Å²) in [5.41, 5.74) is 0.861. The van der Waals surface area contributed by atoms with E-state index in [1.54, 1.807) is 0 Å². The zero-order valence-electron chi connectivity index (χ0n) is 10.1. The van der Waals surface area contributed by atoms with Crippen molar-refractivity contribution in [3.63, 3.8) is 0 Å². The van der Waals surface area contributed by atoms with Gasteiger partial charge in [-0.1, -0.05) is 18.2 Å². The van der Waals surface area contributed by atoms with Crippen molar-refractivity contribution in [2.24, 2.45) is 0 Å². The Morgan fingerprint density at radius 1 is 1.47 bits per heavy atom. The van der Waals surface area contributed by atoms with Crippen LogP contribution in [0.3, 0.4) is 0 Å². The molecule has 0 unspecified atom stereocenters.